The molecule has 0 radical (unpaired) electrons. The third-order valence-corrected chi connectivity index (χ3v) is 5.22. The number of amides is 3. The summed E-state index contributed by atoms with van der Waals surface area (Å²) in [6.07, 6.45) is -1.69. The summed E-state index contributed by atoms with van der Waals surface area (Å²) in [6, 6.07) is 7.22. The van der Waals surface area contributed by atoms with E-state index in [1.807, 2.05) is 38.1 Å². The van der Waals surface area contributed by atoms with Gasteiger partial charge in [-0.05, 0) is 31.5 Å². The first-order valence-corrected chi connectivity index (χ1v) is 10.3. The highest BCUT2D eigenvalue weighted by Crippen LogP contribution is 2.35. The second-order valence-electron chi connectivity index (χ2n) is 8.00. The molecule has 30 heavy (non-hydrogen) atoms. The lowest BCUT2D eigenvalue weighted by Gasteiger charge is -2.20. The van der Waals surface area contributed by atoms with Crippen molar-refractivity contribution in [2.75, 3.05) is 13.7 Å². The molecule has 4 N–H and O–H groups in total. The SMILES string of the molecule is COc1ccc(CNC(=O)CC2CC3OC(CNC(=O)NC(C)C)C(O)C3O2)cc1. The third kappa shape index (κ3) is 5.84. The van der Waals surface area contributed by atoms with Crippen molar-refractivity contribution in [1.82, 2.24) is 16.0 Å². The third-order valence-electron chi connectivity index (χ3n) is 5.22. The highest BCUT2D eigenvalue weighted by Gasteiger charge is 2.50. The normalized spacial score (nSPS) is 27.6. The molecule has 2 aliphatic rings. The Hall–Kier alpha value is -2.36. The van der Waals surface area contributed by atoms with Crippen LogP contribution >= 0.6 is 0 Å². The molecule has 0 bridgehead atoms. The van der Waals surface area contributed by atoms with E-state index in [4.69, 9.17) is 14.2 Å². The van der Waals surface area contributed by atoms with E-state index in [1.165, 1.54) is 0 Å². The quantitative estimate of drug-likeness (QED) is 0.491. The number of hydrogen-bond donors (Lipinski definition) is 4. The number of carbonyl (C=O) groups is 2. The number of carbonyl (C=O) groups excluding carboxylic acids is 2. The molecule has 5 atom stereocenters. The number of fused-ring (bicyclic) bond motifs is 1. The second kappa shape index (κ2) is 10.1. The number of hydrogen-bond acceptors (Lipinski definition) is 6. The van der Waals surface area contributed by atoms with Crippen LogP contribution in [0.1, 0.15) is 32.3 Å². The van der Waals surface area contributed by atoms with E-state index in [-0.39, 0.29) is 43.2 Å². The molecule has 166 valence electrons. The summed E-state index contributed by atoms with van der Waals surface area (Å²) in [4.78, 5) is 23.9. The molecule has 0 aliphatic carbocycles. The Balaban J connectivity index is 1.38. The average molecular weight is 421 g/mol. The Morgan fingerprint density at radius 1 is 1.20 bits per heavy atom. The number of aliphatic hydroxyl groups is 1. The summed E-state index contributed by atoms with van der Waals surface area (Å²) in [6.45, 7) is 4.36. The first-order chi connectivity index (χ1) is 14.4. The van der Waals surface area contributed by atoms with Crippen molar-refractivity contribution in [3.8, 4) is 5.75 Å². The van der Waals surface area contributed by atoms with Crippen molar-refractivity contribution in [2.45, 2.75) is 69.8 Å². The largest absolute Gasteiger partial charge is 0.497 e. The van der Waals surface area contributed by atoms with Crippen molar-refractivity contribution in [3.63, 3.8) is 0 Å². The maximum atomic E-state index is 12.3. The van der Waals surface area contributed by atoms with Crippen molar-refractivity contribution < 1.29 is 28.9 Å². The minimum atomic E-state index is -0.846. The summed E-state index contributed by atoms with van der Waals surface area (Å²) in [5.41, 5.74) is 0.976. The Kier molecular flexibility index (Phi) is 7.52. The molecular weight excluding hydrogens is 390 g/mol. The standard InChI is InChI=1S/C21H31N3O6/c1-12(2)24-21(27)23-11-17-19(26)20-16(30-17)8-15(29-20)9-18(25)22-10-13-4-6-14(28-3)7-5-13/h4-7,12,15-17,19-20,26H,8-11H2,1-3H3,(H,22,25)(H2,23,24,27). The molecule has 0 aromatic heterocycles. The van der Waals surface area contributed by atoms with Crippen LogP contribution in [0, 0.1) is 0 Å². The number of rotatable bonds is 8. The summed E-state index contributed by atoms with van der Waals surface area (Å²) >= 11 is 0. The van der Waals surface area contributed by atoms with Gasteiger partial charge in [-0.3, -0.25) is 4.79 Å². The van der Waals surface area contributed by atoms with Crippen molar-refractivity contribution >= 4 is 11.9 Å². The molecule has 2 fully saturated rings. The van der Waals surface area contributed by atoms with E-state index < -0.39 is 18.3 Å². The smallest absolute Gasteiger partial charge is 0.315 e. The molecule has 9 heteroatoms. The summed E-state index contributed by atoms with van der Waals surface area (Å²) in [5.74, 6) is 0.650. The van der Waals surface area contributed by atoms with Crippen molar-refractivity contribution in [1.29, 1.82) is 0 Å². The molecule has 9 nitrogen and oxygen atoms in total. The maximum Gasteiger partial charge on any atom is 0.315 e. The zero-order valence-electron chi connectivity index (χ0n) is 17.6. The van der Waals surface area contributed by atoms with Gasteiger partial charge in [-0.15, -0.1) is 0 Å². The topological polar surface area (TPSA) is 118 Å². The molecule has 5 unspecified atom stereocenters. The number of aliphatic hydroxyl groups excluding tert-OH is 1. The fourth-order valence-electron chi connectivity index (χ4n) is 3.74. The fraction of sp³-hybridized carbons (Fsp3) is 0.619. The van der Waals surface area contributed by atoms with Crippen molar-refractivity contribution in [3.05, 3.63) is 29.8 Å². The number of ether oxygens (including phenoxy) is 3. The highest BCUT2D eigenvalue weighted by atomic mass is 16.6. The van der Waals surface area contributed by atoms with Gasteiger partial charge in [0.1, 0.15) is 24.1 Å². The Morgan fingerprint density at radius 2 is 1.93 bits per heavy atom. The fourth-order valence-corrected chi connectivity index (χ4v) is 3.74. The van der Waals surface area contributed by atoms with Gasteiger partial charge in [-0.25, -0.2) is 4.79 Å². The van der Waals surface area contributed by atoms with Gasteiger partial charge in [0.25, 0.3) is 0 Å². The van der Waals surface area contributed by atoms with Gasteiger partial charge in [-0.2, -0.15) is 0 Å². The lowest BCUT2D eigenvalue weighted by atomic mass is 10.1. The molecule has 0 saturated carbocycles. The molecule has 2 aliphatic heterocycles. The lowest BCUT2D eigenvalue weighted by Crippen LogP contribution is -2.45. The van der Waals surface area contributed by atoms with E-state index in [9.17, 15) is 14.7 Å². The Bertz CT molecular complexity index is 726. The van der Waals surface area contributed by atoms with Crippen LogP contribution in [-0.2, 0) is 20.8 Å². The zero-order chi connectivity index (χ0) is 21.7. The maximum absolute atomic E-state index is 12.3. The van der Waals surface area contributed by atoms with Crippen LogP contribution < -0.4 is 20.7 Å². The van der Waals surface area contributed by atoms with Gasteiger partial charge in [0.15, 0.2) is 0 Å². The highest BCUT2D eigenvalue weighted by molar-refractivity contribution is 5.76. The first kappa shape index (κ1) is 22.3. The molecular formula is C21H31N3O6. The predicted molar refractivity (Wildman–Crippen MR) is 109 cm³/mol. The lowest BCUT2D eigenvalue weighted by molar-refractivity contribution is -0.124. The molecule has 3 amide bonds. The molecule has 2 saturated heterocycles. The Labute approximate surface area is 176 Å². The summed E-state index contributed by atoms with van der Waals surface area (Å²) in [7, 11) is 1.61. The van der Waals surface area contributed by atoms with E-state index >= 15 is 0 Å². The van der Waals surface area contributed by atoms with Crippen LogP contribution in [0.3, 0.4) is 0 Å². The number of methoxy groups -OCH3 is 1. The van der Waals surface area contributed by atoms with Crippen LogP contribution in [-0.4, -0.2) is 67.3 Å². The van der Waals surface area contributed by atoms with Crippen LogP contribution in [0.2, 0.25) is 0 Å². The summed E-state index contributed by atoms with van der Waals surface area (Å²) in [5, 5.41) is 18.8. The molecule has 3 rings (SSSR count). The van der Waals surface area contributed by atoms with Gasteiger partial charge in [0.05, 0.1) is 25.7 Å². The van der Waals surface area contributed by atoms with E-state index in [2.05, 4.69) is 16.0 Å². The van der Waals surface area contributed by atoms with E-state index in [0.717, 1.165) is 11.3 Å². The number of nitrogens with one attached hydrogen (secondary N) is 3. The van der Waals surface area contributed by atoms with E-state index in [1.54, 1.807) is 7.11 Å². The van der Waals surface area contributed by atoms with Crippen molar-refractivity contribution in [2.24, 2.45) is 0 Å². The van der Waals surface area contributed by atoms with Crippen LogP contribution in [0.25, 0.3) is 0 Å². The van der Waals surface area contributed by atoms with Crippen LogP contribution in [0.15, 0.2) is 24.3 Å². The van der Waals surface area contributed by atoms with Crippen LogP contribution in [0.4, 0.5) is 4.79 Å². The average Bonchev–Trinajstić information content (AvgIpc) is 3.23. The number of urea groups is 1. The van der Waals surface area contributed by atoms with E-state index in [0.29, 0.717) is 13.0 Å². The van der Waals surface area contributed by atoms with Gasteiger partial charge in [-0.1, -0.05) is 12.1 Å². The Morgan fingerprint density at radius 3 is 2.57 bits per heavy atom. The first-order valence-electron chi connectivity index (χ1n) is 10.3. The van der Waals surface area contributed by atoms with Crippen LogP contribution in [0.5, 0.6) is 5.75 Å². The molecule has 1 aromatic rings. The molecule has 0 spiro atoms. The molecule has 1 aromatic carbocycles. The zero-order valence-corrected chi connectivity index (χ0v) is 17.6. The van der Waals surface area contributed by atoms with Gasteiger partial charge >= 0.3 is 6.03 Å². The van der Waals surface area contributed by atoms with Gasteiger partial charge < -0.3 is 35.3 Å². The predicted octanol–water partition coefficient (Wildman–Crippen LogP) is 0.695. The minimum Gasteiger partial charge on any atom is -0.497 e. The molecule has 2 heterocycles. The van der Waals surface area contributed by atoms with Gasteiger partial charge in [0, 0.05) is 25.6 Å². The van der Waals surface area contributed by atoms with Gasteiger partial charge in [0.2, 0.25) is 5.91 Å². The summed E-state index contributed by atoms with van der Waals surface area (Å²) < 4.78 is 16.8. The monoisotopic (exact) mass is 421 g/mol. The minimum absolute atomic E-state index is 0.0266. The second-order valence-corrected chi connectivity index (χ2v) is 8.00. The number of benzene rings is 1.